The maximum atomic E-state index is 11.7. The molecule has 1 aliphatic rings. The van der Waals surface area contributed by atoms with E-state index in [0.29, 0.717) is 18.5 Å². The van der Waals surface area contributed by atoms with E-state index in [0.717, 1.165) is 6.54 Å². The van der Waals surface area contributed by atoms with Gasteiger partial charge >= 0.3 is 0 Å². The van der Waals surface area contributed by atoms with Crippen LogP contribution in [0.4, 0.5) is 0 Å². The Hall–Kier alpha value is -0.570. The molecule has 0 aromatic rings. The summed E-state index contributed by atoms with van der Waals surface area (Å²) in [6.45, 7) is 12.0. The molecule has 1 atom stereocenters. The Bertz CT molecular complexity index is 218. The van der Waals surface area contributed by atoms with Crippen LogP contribution >= 0.6 is 0 Å². The van der Waals surface area contributed by atoms with Crippen LogP contribution in [-0.2, 0) is 4.79 Å². The molecular formula is C11H22N2O. The van der Waals surface area contributed by atoms with Gasteiger partial charge in [0.1, 0.15) is 0 Å². The molecule has 1 aliphatic heterocycles. The van der Waals surface area contributed by atoms with Crippen LogP contribution in [0.2, 0.25) is 0 Å². The number of nitrogens with zero attached hydrogens (tertiary/aromatic N) is 1. The van der Waals surface area contributed by atoms with Gasteiger partial charge in [-0.2, -0.15) is 0 Å². The second-order valence-electron chi connectivity index (χ2n) is 5.41. The van der Waals surface area contributed by atoms with Crippen molar-refractivity contribution in [3.8, 4) is 0 Å². The Kier molecular flexibility index (Phi) is 3.20. The molecule has 0 bridgehead atoms. The number of carbonyl (C=O) groups excluding carboxylic acids is 1. The summed E-state index contributed by atoms with van der Waals surface area (Å²) in [5, 5.41) is 3.28. The molecule has 14 heavy (non-hydrogen) atoms. The Labute approximate surface area is 86.9 Å². The minimum Gasteiger partial charge on any atom is -0.335 e. The lowest BCUT2D eigenvalue weighted by Gasteiger charge is -2.43. The van der Waals surface area contributed by atoms with Gasteiger partial charge in [-0.3, -0.25) is 4.79 Å². The Morgan fingerprint density at radius 1 is 1.43 bits per heavy atom. The first-order valence-electron chi connectivity index (χ1n) is 5.36. The van der Waals surface area contributed by atoms with Crippen LogP contribution in [0, 0.1) is 5.92 Å². The van der Waals surface area contributed by atoms with E-state index < -0.39 is 0 Å². The number of piperazine rings is 1. The van der Waals surface area contributed by atoms with Gasteiger partial charge in [0.15, 0.2) is 0 Å². The van der Waals surface area contributed by atoms with Crippen LogP contribution in [0.5, 0.6) is 0 Å². The third-order valence-corrected chi connectivity index (χ3v) is 2.81. The molecule has 3 nitrogen and oxygen atoms in total. The molecule has 0 aromatic carbocycles. The molecule has 1 unspecified atom stereocenters. The second kappa shape index (κ2) is 3.89. The molecular weight excluding hydrogens is 176 g/mol. The molecule has 82 valence electrons. The number of hydrogen-bond acceptors (Lipinski definition) is 2. The van der Waals surface area contributed by atoms with Gasteiger partial charge in [-0.25, -0.2) is 0 Å². The summed E-state index contributed by atoms with van der Waals surface area (Å²) in [6.07, 6.45) is 0. The molecule has 0 aromatic heterocycles. The highest BCUT2D eigenvalue weighted by Crippen LogP contribution is 2.18. The first-order valence-corrected chi connectivity index (χ1v) is 5.36. The SMILES string of the molecule is CC(C)C1CN(C(C)(C)C)C(=O)CN1. The van der Waals surface area contributed by atoms with Crippen molar-refractivity contribution in [2.24, 2.45) is 5.92 Å². The van der Waals surface area contributed by atoms with E-state index in [4.69, 9.17) is 0 Å². The lowest BCUT2D eigenvalue weighted by Crippen LogP contribution is -2.61. The van der Waals surface area contributed by atoms with Crippen LogP contribution in [0.25, 0.3) is 0 Å². The van der Waals surface area contributed by atoms with Crippen molar-refractivity contribution in [3.05, 3.63) is 0 Å². The largest absolute Gasteiger partial charge is 0.335 e. The number of carbonyl (C=O) groups is 1. The van der Waals surface area contributed by atoms with E-state index >= 15 is 0 Å². The summed E-state index contributed by atoms with van der Waals surface area (Å²) < 4.78 is 0. The lowest BCUT2D eigenvalue weighted by atomic mass is 9.97. The lowest BCUT2D eigenvalue weighted by molar-refractivity contribution is -0.138. The zero-order valence-electron chi connectivity index (χ0n) is 9.92. The summed E-state index contributed by atoms with van der Waals surface area (Å²) in [4.78, 5) is 13.7. The molecule has 1 rings (SSSR count). The highest BCUT2D eigenvalue weighted by atomic mass is 16.2. The standard InChI is InChI=1S/C11H22N2O/c1-8(2)9-7-13(11(3,4)5)10(14)6-12-9/h8-9,12H,6-7H2,1-5H3. The first kappa shape index (κ1) is 11.5. The maximum absolute atomic E-state index is 11.7. The van der Waals surface area contributed by atoms with Crippen molar-refractivity contribution in [1.82, 2.24) is 10.2 Å². The Morgan fingerprint density at radius 2 is 2.00 bits per heavy atom. The molecule has 1 fully saturated rings. The fraction of sp³-hybridized carbons (Fsp3) is 0.909. The van der Waals surface area contributed by atoms with Gasteiger partial charge < -0.3 is 10.2 Å². The fourth-order valence-electron chi connectivity index (χ4n) is 1.77. The van der Waals surface area contributed by atoms with Gasteiger partial charge in [-0.1, -0.05) is 13.8 Å². The monoisotopic (exact) mass is 198 g/mol. The number of hydrogen-bond donors (Lipinski definition) is 1. The van der Waals surface area contributed by atoms with Crippen molar-refractivity contribution in [1.29, 1.82) is 0 Å². The third kappa shape index (κ3) is 2.47. The summed E-state index contributed by atoms with van der Waals surface area (Å²) in [7, 11) is 0. The molecule has 3 heteroatoms. The number of rotatable bonds is 1. The summed E-state index contributed by atoms with van der Waals surface area (Å²) in [5.74, 6) is 0.794. The van der Waals surface area contributed by atoms with E-state index in [1.165, 1.54) is 0 Å². The number of amides is 1. The van der Waals surface area contributed by atoms with E-state index in [9.17, 15) is 4.79 Å². The van der Waals surface area contributed by atoms with Crippen molar-refractivity contribution < 1.29 is 4.79 Å². The molecule has 1 amide bonds. The zero-order chi connectivity index (χ0) is 10.9. The first-order chi connectivity index (χ1) is 6.32. The van der Waals surface area contributed by atoms with Crippen LogP contribution in [0.15, 0.2) is 0 Å². The van der Waals surface area contributed by atoms with E-state index in [1.54, 1.807) is 0 Å². The summed E-state index contributed by atoms with van der Waals surface area (Å²) >= 11 is 0. The normalized spacial score (nSPS) is 24.6. The highest BCUT2D eigenvalue weighted by molar-refractivity contribution is 5.79. The zero-order valence-corrected chi connectivity index (χ0v) is 9.92. The van der Waals surface area contributed by atoms with Crippen molar-refractivity contribution in [3.63, 3.8) is 0 Å². The van der Waals surface area contributed by atoms with Crippen LogP contribution in [-0.4, -0.2) is 35.5 Å². The summed E-state index contributed by atoms with van der Waals surface area (Å²) in [6, 6.07) is 0.437. The minimum absolute atomic E-state index is 0.0493. The predicted molar refractivity (Wildman–Crippen MR) is 58.1 cm³/mol. The van der Waals surface area contributed by atoms with Gasteiger partial charge in [-0.15, -0.1) is 0 Å². The average molecular weight is 198 g/mol. The van der Waals surface area contributed by atoms with Gasteiger partial charge in [0.2, 0.25) is 5.91 Å². The predicted octanol–water partition coefficient (Wildman–Crippen LogP) is 1.24. The molecule has 1 N–H and O–H groups in total. The second-order valence-corrected chi connectivity index (χ2v) is 5.41. The van der Waals surface area contributed by atoms with E-state index in [2.05, 4.69) is 39.9 Å². The van der Waals surface area contributed by atoms with Crippen molar-refractivity contribution >= 4 is 5.91 Å². The van der Waals surface area contributed by atoms with Crippen LogP contribution in [0.3, 0.4) is 0 Å². The maximum Gasteiger partial charge on any atom is 0.237 e. The summed E-state index contributed by atoms with van der Waals surface area (Å²) in [5.41, 5.74) is -0.0493. The molecule has 0 aliphatic carbocycles. The molecule has 0 spiro atoms. The van der Waals surface area contributed by atoms with Gasteiger partial charge in [0, 0.05) is 18.1 Å². The fourth-order valence-corrected chi connectivity index (χ4v) is 1.77. The van der Waals surface area contributed by atoms with Gasteiger partial charge in [-0.05, 0) is 26.7 Å². The number of nitrogens with one attached hydrogen (secondary N) is 1. The van der Waals surface area contributed by atoms with E-state index in [1.807, 2.05) is 4.90 Å². The Morgan fingerprint density at radius 3 is 2.43 bits per heavy atom. The quantitative estimate of drug-likeness (QED) is 0.687. The molecule has 0 saturated carbocycles. The third-order valence-electron chi connectivity index (χ3n) is 2.81. The molecule has 0 radical (unpaired) electrons. The van der Waals surface area contributed by atoms with Crippen molar-refractivity contribution in [2.45, 2.75) is 46.2 Å². The average Bonchev–Trinajstić information content (AvgIpc) is 2.02. The van der Waals surface area contributed by atoms with Gasteiger partial charge in [0.25, 0.3) is 0 Å². The molecule has 1 saturated heterocycles. The highest BCUT2D eigenvalue weighted by Gasteiger charge is 2.33. The smallest absolute Gasteiger partial charge is 0.237 e. The van der Waals surface area contributed by atoms with Crippen LogP contribution < -0.4 is 5.32 Å². The van der Waals surface area contributed by atoms with E-state index in [-0.39, 0.29) is 11.4 Å². The van der Waals surface area contributed by atoms with Gasteiger partial charge in [0.05, 0.1) is 6.54 Å². The van der Waals surface area contributed by atoms with Crippen molar-refractivity contribution in [2.75, 3.05) is 13.1 Å². The minimum atomic E-state index is -0.0493. The Balaban J connectivity index is 2.70. The topological polar surface area (TPSA) is 32.3 Å². The molecule has 1 heterocycles. The van der Waals surface area contributed by atoms with Crippen LogP contribution in [0.1, 0.15) is 34.6 Å².